The van der Waals surface area contributed by atoms with Crippen LogP contribution in [0.5, 0.6) is 5.75 Å². The molecule has 0 bridgehead atoms. The molecule has 0 unspecified atom stereocenters. The molecule has 0 fully saturated rings. The number of rotatable bonds is 3. The maximum Gasteiger partial charge on any atom is 0.171 e. The van der Waals surface area contributed by atoms with Gasteiger partial charge in [-0.2, -0.15) is 5.10 Å². The SMILES string of the molecule is COc1cccc([C@H](N)c2n[nH]c(C)n2)c1. The molecular formula is C11H14N4O. The first kappa shape index (κ1) is 10.6. The van der Waals surface area contributed by atoms with Gasteiger partial charge in [0.25, 0.3) is 0 Å². The summed E-state index contributed by atoms with van der Waals surface area (Å²) in [6.07, 6.45) is 0. The predicted octanol–water partition coefficient (Wildman–Crippen LogP) is 1.17. The van der Waals surface area contributed by atoms with E-state index >= 15 is 0 Å². The molecule has 1 aromatic heterocycles. The van der Waals surface area contributed by atoms with Crippen molar-refractivity contribution in [2.75, 3.05) is 7.11 Å². The van der Waals surface area contributed by atoms with Crippen molar-refractivity contribution >= 4 is 0 Å². The third kappa shape index (κ3) is 2.04. The molecule has 0 aliphatic heterocycles. The summed E-state index contributed by atoms with van der Waals surface area (Å²) in [5.74, 6) is 2.12. The number of hydrogen-bond donors (Lipinski definition) is 2. The Bertz CT molecular complexity index is 480. The molecule has 0 radical (unpaired) electrons. The van der Waals surface area contributed by atoms with E-state index in [2.05, 4.69) is 15.2 Å². The fourth-order valence-electron chi connectivity index (χ4n) is 1.48. The number of aromatic amines is 1. The molecule has 1 aromatic carbocycles. The van der Waals surface area contributed by atoms with Gasteiger partial charge in [-0.25, -0.2) is 4.98 Å². The Morgan fingerprint density at radius 2 is 2.25 bits per heavy atom. The summed E-state index contributed by atoms with van der Waals surface area (Å²) in [6.45, 7) is 1.84. The summed E-state index contributed by atoms with van der Waals surface area (Å²) in [5.41, 5.74) is 6.98. The van der Waals surface area contributed by atoms with E-state index in [0.717, 1.165) is 17.1 Å². The second-order valence-corrected chi connectivity index (χ2v) is 3.53. The van der Waals surface area contributed by atoms with Crippen LogP contribution >= 0.6 is 0 Å². The van der Waals surface area contributed by atoms with Crippen LogP contribution in [-0.2, 0) is 0 Å². The van der Waals surface area contributed by atoms with Crippen molar-refractivity contribution in [1.29, 1.82) is 0 Å². The van der Waals surface area contributed by atoms with Crippen molar-refractivity contribution in [2.24, 2.45) is 5.73 Å². The molecule has 0 saturated carbocycles. The van der Waals surface area contributed by atoms with E-state index in [1.165, 1.54) is 0 Å². The highest BCUT2D eigenvalue weighted by atomic mass is 16.5. The molecule has 5 nitrogen and oxygen atoms in total. The van der Waals surface area contributed by atoms with E-state index in [9.17, 15) is 0 Å². The Morgan fingerprint density at radius 3 is 2.88 bits per heavy atom. The third-order valence-corrected chi connectivity index (χ3v) is 2.35. The number of nitrogens with two attached hydrogens (primary N) is 1. The van der Waals surface area contributed by atoms with Gasteiger partial charge >= 0.3 is 0 Å². The van der Waals surface area contributed by atoms with Crippen LogP contribution < -0.4 is 10.5 Å². The highest BCUT2D eigenvalue weighted by molar-refractivity contribution is 5.32. The van der Waals surface area contributed by atoms with Gasteiger partial charge in [0, 0.05) is 0 Å². The maximum atomic E-state index is 6.05. The van der Waals surface area contributed by atoms with Gasteiger partial charge in [-0.3, -0.25) is 5.10 Å². The lowest BCUT2D eigenvalue weighted by atomic mass is 10.1. The Balaban J connectivity index is 2.29. The van der Waals surface area contributed by atoms with E-state index in [-0.39, 0.29) is 6.04 Å². The van der Waals surface area contributed by atoms with E-state index in [1.807, 2.05) is 31.2 Å². The van der Waals surface area contributed by atoms with Crippen LogP contribution in [0.3, 0.4) is 0 Å². The van der Waals surface area contributed by atoms with Gasteiger partial charge < -0.3 is 10.5 Å². The van der Waals surface area contributed by atoms with Crippen molar-refractivity contribution in [2.45, 2.75) is 13.0 Å². The number of nitrogens with one attached hydrogen (secondary N) is 1. The van der Waals surface area contributed by atoms with Crippen molar-refractivity contribution in [1.82, 2.24) is 15.2 Å². The average Bonchev–Trinajstić information content (AvgIpc) is 2.75. The van der Waals surface area contributed by atoms with Crippen LogP contribution in [0, 0.1) is 6.92 Å². The number of nitrogens with zero attached hydrogens (tertiary/aromatic N) is 2. The summed E-state index contributed by atoms with van der Waals surface area (Å²) in [6, 6.07) is 7.25. The third-order valence-electron chi connectivity index (χ3n) is 2.35. The largest absolute Gasteiger partial charge is 0.497 e. The van der Waals surface area contributed by atoms with E-state index in [4.69, 9.17) is 10.5 Å². The fourth-order valence-corrected chi connectivity index (χ4v) is 1.48. The van der Waals surface area contributed by atoms with Crippen molar-refractivity contribution in [3.63, 3.8) is 0 Å². The Labute approximate surface area is 93.7 Å². The number of methoxy groups -OCH3 is 1. The zero-order valence-electron chi connectivity index (χ0n) is 9.27. The van der Waals surface area contributed by atoms with E-state index in [1.54, 1.807) is 7.11 Å². The molecule has 1 atom stereocenters. The van der Waals surface area contributed by atoms with Crippen LogP contribution in [0.1, 0.15) is 23.3 Å². The van der Waals surface area contributed by atoms with Gasteiger partial charge in [0.15, 0.2) is 5.82 Å². The van der Waals surface area contributed by atoms with Crippen LogP contribution in [-0.4, -0.2) is 22.3 Å². The summed E-state index contributed by atoms with van der Waals surface area (Å²) in [7, 11) is 1.63. The van der Waals surface area contributed by atoms with Crippen LogP contribution in [0.15, 0.2) is 24.3 Å². The smallest absolute Gasteiger partial charge is 0.171 e. The topological polar surface area (TPSA) is 76.8 Å². The zero-order chi connectivity index (χ0) is 11.5. The molecule has 0 spiro atoms. The molecule has 3 N–H and O–H groups in total. The number of H-pyrrole nitrogens is 1. The van der Waals surface area contributed by atoms with Gasteiger partial charge in [-0.15, -0.1) is 0 Å². The first-order chi connectivity index (χ1) is 7.70. The second kappa shape index (κ2) is 4.32. The van der Waals surface area contributed by atoms with Crippen molar-refractivity contribution in [3.05, 3.63) is 41.5 Å². The van der Waals surface area contributed by atoms with Gasteiger partial charge in [-0.05, 0) is 24.6 Å². The molecule has 84 valence electrons. The lowest BCUT2D eigenvalue weighted by Crippen LogP contribution is -2.13. The lowest BCUT2D eigenvalue weighted by molar-refractivity contribution is 0.414. The highest BCUT2D eigenvalue weighted by Gasteiger charge is 2.13. The van der Waals surface area contributed by atoms with Gasteiger partial charge in [0.1, 0.15) is 11.6 Å². The molecule has 1 heterocycles. The quantitative estimate of drug-likeness (QED) is 0.810. The van der Waals surface area contributed by atoms with Crippen molar-refractivity contribution < 1.29 is 4.74 Å². The minimum absolute atomic E-state index is 0.333. The van der Waals surface area contributed by atoms with Gasteiger partial charge in [-0.1, -0.05) is 12.1 Å². The molecule has 2 aromatic rings. The summed E-state index contributed by atoms with van der Waals surface area (Å²) >= 11 is 0. The van der Waals surface area contributed by atoms with Crippen LogP contribution in [0.4, 0.5) is 0 Å². The number of ether oxygens (including phenoxy) is 1. The predicted molar refractivity (Wildman–Crippen MR) is 60.1 cm³/mol. The first-order valence-corrected chi connectivity index (χ1v) is 4.99. The van der Waals surface area contributed by atoms with Crippen LogP contribution in [0.25, 0.3) is 0 Å². The number of benzene rings is 1. The monoisotopic (exact) mass is 218 g/mol. The molecule has 16 heavy (non-hydrogen) atoms. The number of aryl methyl sites for hydroxylation is 1. The van der Waals surface area contributed by atoms with E-state index in [0.29, 0.717) is 5.82 Å². The zero-order valence-corrected chi connectivity index (χ0v) is 9.27. The molecule has 0 aliphatic carbocycles. The minimum atomic E-state index is -0.333. The molecule has 0 aliphatic rings. The standard InChI is InChI=1S/C11H14N4O/c1-7-13-11(15-14-7)10(12)8-4-3-5-9(6-8)16-2/h3-6,10H,12H2,1-2H3,(H,13,14,15)/t10-/m0/s1. The van der Waals surface area contributed by atoms with Crippen molar-refractivity contribution in [3.8, 4) is 5.75 Å². The number of hydrogen-bond acceptors (Lipinski definition) is 4. The van der Waals surface area contributed by atoms with Gasteiger partial charge in [0.2, 0.25) is 0 Å². The average molecular weight is 218 g/mol. The van der Waals surface area contributed by atoms with Gasteiger partial charge in [0.05, 0.1) is 13.2 Å². The maximum absolute atomic E-state index is 6.05. The molecule has 5 heteroatoms. The lowest BCUT2D eigenvalue weighted by Gasteiger charge is -2.09. The van der Waals surface area contributed by atoms with E-state index < -0.39 is 0 Å². The Hall–Kier alpha value is -1.88. The Morgan fingerprint density at radius 1 is 1.44 bits per heavy atom. The highest BCUT2D eigenvalue weighted by Crippen LogP contribution is 2.20. The molecule has 0 amide bonds. The molecule has 0 saturated heterocycles. The fraction of sp³-hybridized carbons (Fsp3) is 0.273. The summed E-state index contributed by atoms with van der Waals surface area (Å²) < 4.78 is 5.14. The first-order valence-electron chi connectivity index (χ1n) is 4.99. The summed E-state index contributed by atoms with van der Waals surface area (Å²) in [4.78, 5) is 4.21. The Kier molecular flexibility index (Phi) is 2.87. The normalized spacial score (nSPS) is 12.4. The number of aromatic nitrogens is 3. The van der Waals surface area contributed by atoms with Crippen LogP contribution in [0.2, 0.25) is 0 Å². The summed E-state index contributed by atoms with van der Waals surface area (Å²) in [5, 5.41) is 6.82. The molecule has 2 rings (SSSR count). The minimum Gasteiger partial charge on any atom is -0.497 e. The second-order valence-electron chi connectivity index (χ2n) is 3.53. The molecular weight excluding hydrogens is 204 g/mol.